The lowest BCUT2D eigenvalue weighted by Gasteiger charge is -2.12. The van der Waals surface area contributed by atoms with E-state index in [1.807, 2.05) is 19.9 Å². The average molecular weight is 357 g/mol. The fourth-order valence-electron chi connectivity index (χ4n) is 2.87. The number of aromatic nitrogens is 1. The van der Waals surface area contributed by atoms with Crippen LogP contribution in [0.2, 0.25) is 5.02 Å². The Hall–Kier alpha value is -2.79. The summed E-state index contributed by atoms with van der Waals surface area (Å²) < 4.78 is 7.02. The standard InChI is InChI=1S/C19H17ClN2O3/c1-11-7-12(2)18(15(20)8-11)25-10-17(23)22-9-14(19(21)24)13-5-3-4-6-16(13)22/h3-9H,10H2,1-2H3,(H2,21,24). The van der Waals surface area contributed by atoms with Crippen molar-refractivity contribution in [3.8, 4) is 5.75 Å². The SMILES string of the molecule is Cc1cc(C)c(OCC(=O)n2cc(C(N)=O)c3ccccc32)c(Cl)c1. The number of primary amides is 1. The van der Waals surface area contributed by atoms with Gasteiger partial charge in [-0.05, 0) is 37.1 Å². The summed E-state index contributed by atoms with van der Waals surface area (Å²) in [6, 6.07) is 10.8. The summed E-state index contributed by atoms with van der Waals surface area (Å²) in [6.45, 7) is 3.60. The molecule has 25 heavy (non-hydrogen) atoms. The molecule has 0 aliphatic rings. The summed E-state index contributed by atoms with van der Waals surface area (Å²) >= 11 is 6.20. The Labute approximate surface area is 149 Å². The second kappa shape index (κ2) is 6.61. The molecule has 0 unspecified atom stereocenters. The van der Waals surface area contributed by atoms with Crippen molar-refractivity contribution in [1.29, 1.82) is 0 Å². The molecule has 0 atom stereocenters. The molecule has 2 N–H and O–H groups in total. The van der Waals surface area contributed by atoms with Crippen molar-refractivity contribution in [1.82, 2.24) is 4.57 Å². The highest BCUT2D eigenvalue weighted by atomic mass is 35.5. The third-order valence-corrected chi connectivity index (χ3v) is 4.24. The van der Waals surface area contributed by atoms with Gasteiger partial charge in [0.05, 0.1) is 16.1 Å². The van der Waals surface area contributed by atoms with Gasteiger partial charge in [-0.3, -0.25) is 14.2 Å². The van der Waals surface area contributed by atoms with Gasteiger partial charge in [-0.2, -0.15) is 0 Å². The second-order valence-electron chi connectivity index (χ2n) is 5.87. The van der Waals surface area contributed by atoms with Gasteiger partial charge in [0.1, 0.15) is 5.75 Å². The summed E-state index contributed by atoms with van der Waals surface area (Å²) in [5.41, 5.74) is 8.18. The number of hydrogen-bond acceptors (Lipinski definition) is 3. The number of aryl methyl sites for hydroxylation is 2. The minimum absolute atomic E-state index is 0.208. The number of ether oxygens (including phenoxy) is 1. The molecular formula is C19H17ClN2O3. The highest BCUT2D eigenvalue weighted by Gasteiger charge is 2.17. The largest absolute Gasteiger partial charge is 0.482 e. The Morgan fingerprint density at radius 2 is 1.92 bits per heavy atom. The van der Waals surface area contributed by atoms with Crippen molar-refractivity contribution in [3.63, 3.8) is 0 Å². The summed E-state index contributed by atoms with van der Waals surface area (Å²) in [4.78, 5) is 24.2. The lowest BCUT2D eigenvalue weighted by molar-refractivity contribution is 0.0843. The van der Waals surface area contributed by atoms with E-state index < -0.39 is 5.91 Å². The van der Waals surface area contributed by atoms with Gasteiger partial charge in [0.2, 0.25) is 0 Å². The monoisotopic (exact) mass is 356 g/mol. The maximum atomic E-state index is 12.6. The van der Waals surface area contributed by atoms with E-state index in [1.54, 1.807) is 30.3 Å². The highest BCUT2D eigenvalue weighted by molar-refractivity contribution is 6.32. The summed E-state index contributed by atoms with van der Waals surface area (Å²) in [7, 11) is 0. The van der Waals surface area contributed by atoms with Gasteiger partial charge in [-0.1, -0.05) is 35.9 Å². The normalized spacial score (nSPS) is 10.8. The van der Waals surface area contributed by atoms with Crippen molar-refractivity contribution >= 4 is 34.3 Å². The van der Waals surface area contributed by atoms with Crippen molar-refractivity contribution in [3.05, 3.63) is 64.3 Å². The van der Waals surface area contributed by atoms with E-state index in [0.29, 0.717) is 27.2 Å². The molecular weight excluding hydrogens is 340 g/mol. The number of nitrogens with two attached hydrogens (primary N) is 1. The smallest absolute Gasteiger partial charge is 0.269 e. The van der Waals surface area contributed by atoms with Crippen LogP contribution in [-0.4, -0.2) is 23.0 Å². The third-order valence-electron chi connectivity index (χ3n) is 3.96. The van der Waals surface area contributed by atoms with E-state index in [2.05, 4.69) is 0 Å². The van der Waals surface area contributed by atoms with Crippen molar-refractivity contribution in [2.45, 2.75) is 13.8 Å². The summed E-state index contributed by atoms with van der Waals surface area (Å²) in [5.74, 6) is -0.423. The van der Waals surface area contributed by atoms with Crippen molar-refractivity contribution in [2.75, 3.05) is 6.61 Å². The van der Waals surface area contributed by atoms with E-state index in [-0.39, 0.29) is 12.5 Å². The Bertz CT molecular complexity index is 968. The quantitative estimate of drug-likeness (QED) is 0.774. The molecule has 0 saturated heterocycles. The van der Waals surface area contributed by atoms with Crippen molar-refractivity contribution < 1.29 is 14.3 Å². The first-order valence-corrected chi connectivity index (χ1v) is 8.09. The molecule has 0 aliphatic carbocycles. The molecule has 0 saturated carbocycles. The summed E-state index contributed by atoms with van der Waals surface area (Å²) in [6.07, 6.45) is 1.45. The molecule has 0 spiro atoms. The molecule has 1 aromatic heterocycles. The molecule has 1 amide bonds. The number of fused-ring (bicyclic) bond motifs is 1. The molecule has 6 heteroatoms. The number of hydrogen-bond donors (Lipinski definition) is 1. The van der Waals surface area contributed by atoms with E-state index in [4.69, 9.17) is 22.1 Å². The molecule has 0 radical (unpaired) electrons. The molecule has 3 rings (SSSR count). The van der Waals surface area contributed by atoms with Crippen LogP contribution in [-0.2, 0) is 0 Å². The van der Waals surface area contributed by atoms with Crippen molar-refractivity contribution in [2.24, 2.45) is 5.73 Å². The number of rotatable bonds is 4. The Morgan fingerprint density at radius 3 is 2.60 bits per heavy atom. The number of carbonyl (C=O) groups is 2. The van der Waals surface area contributed by atoms with Gasteiger partial charge in [-0.15, -0.1) is 0 Å². The molecule has 0 bridgehead atoms. The zero-order valence-electron chi connectivity index (χ0n) is 13.9. The fourth-order valence-corrected chi connectivity index (χ4v) is 3.25. The van der Waals surface area contributed by atoms with Crippen LogP contribution in [0.5, 0.6) is 5.75 Å². The lowest BCUT2D eigenvalue weighted by atomic mass is 10.1. The van der Waals surface area contributed by atoms with Gasteiger partial charge in [0, 0.05) is 11.6 Å². The molecule has 128 valence electrons. The van der Waals surface area contributed by atoms with Crippen LogP contribution in [0.1, 0.15) is 26.3 Å². The Balaban J connectivity index is 1.90. The predicted octanol–water partition coefficient (Wildman–Crippen LogP) is 3.73. The predicted molar refractivity (Wildman–Crippen MR) is 97.5 cm³/mol. The maximum Gasteiger partial charge on any atom is 0.269 e. The zero-order chi connectivity index (χ0) is 18.1. The summed E-state index contributed by atoms with van der Waals surface area (Å²) in [5, 5.41) is 1.09. The van der Waals surface area contributed by atoms with Crippen LogP contribution in [0.25, 0.3) is 10.9 Å². The molecule has 0 fully saturated rings. The topological polar surface area (TPSA) is 74.3 Å². The van der Waals surface area contributed by atoms with E-state index >= 15 is 0 Å². The lowest BCUT2D eigenvalue weighted by Crippen LogP contribution is -2.19. The fraction of sp³-hybridized carbons (Fsp3) is 0.158. The number of halogens is 1. The number of para-hydroxylation sites is 1. The molecule has 1 heterocycles. The minimum atomic E-state index is -0.582. The van der Waals surface area contributed by atoms with E-state index in [9.17, 15) is 9.59 Å². The first kappa shape index (κ1) is 17.0. The van der Waals surface area contributed by atoms with Gasteiger partial charge >= 0.3 is 0 Å². The average Bonchev–Trinajstić information content (AvgIpc) is 2.93. The van der Waals surface area contributed by atoms with Gasteiger partial charge < -0.3 is 10.5 Å². The van der Waals surface area contributed by atoms with Crippen LogP contribution in [0.15, 0.2) is 42.6 Å². The highest BCUT2D eigenvalue weighted by Crippen LogP contribution is 2.30. The minimum Gasteiger partial charge on any atom is -0.482 e. The maximum absolute atomic E-state index is 12.6. The van der Waals surface area contributed by atoms with Gasteiger partial charge in [0.25, 0.3) is 11.8 Å². The Morgan fingerprint density at radius 1 is 1.20 bits per heavy atom. The van der Waals surface area contributed by atoms with Crippen LogP contribution in [0.3, 0.4) is 0 Å². The number of carbonyl (C=O) groups excluding carboxylic acids is 2. The van der Waals surface area contributed by atoms with Gasteiger partial charge in [-0.25, -0.2) is 0 Å². The van der Waals surface area contributed by atoms with Crippen LogP contribution >= 0.6 is 11.6 Å². The molecule has 3 aromatic rings. The number of amides is 1. The number of benzene rings is 2. The van der Waals surface area contributed by atoms with Crippen LogP contribution in [0.4, 0.5) is 0 Å². The first-order valence-electron chi connectivity index (χ1n) is 7.71. The zero-order valence-corrected chi connectivity index (χ0v) is 14.6. The first-order chi connectivity index (χ1) is 11.9. The van der Waals surface area contributed by atoms with Crippen LogP contribution in [0, 0.1) is 13.8 Å². The van der Waals surface area contributed by atoms with Gasteiger partial charge in [0.15, 0.2) is 6.61 Å². The molecule has 0 aliphatic heterocycles. The molecule has 2 aromatic carbocycles. The second-order valence-corrected chi connectivity index (χ2v) is 6.28. The Kier molecular flexibility index (Phi) is 4.51. The van der Waals surface area contributed by atoms with E-state index in [1.165, 1.54) is 10.8 Å². The van der Waals surface area contributed by atoms with Crippen LogP contribution < -0.4 is 10.5 Å². The molecule has 5 nitrogen and oxygen atoms in total. The number of nitrogens with zero attached hydrogens (tertiary/aromatic N) is 1. The van der Waals surface area contributed by atoms with E-state index in [0.717, 1.165) is 11.1 Å². The third kappa shape index (κ3) is 3.23.